The third-order valence-corrected chi connectivity index (χ3v) is 2.60. The molecular formula is C15H8FN3O. The van der Waals surface area contributed by atoms with Crippen LogP contribution in [0.1, 0.15) is 21.5 Å². The fourth-order valence-electron chi connectivity index (χ4n) is 1.64. The number of halogens is 1. The Morgan fingerprint density at radius 3 is 2.60 bits per heavy atom. The largest absolute Gasteiger partial charge is 0.321 e. The van der Waals surface area contributed by atoms with E-state index in [9.17, 15) is 9.18 Å². The molecule has 0 unspecified atom stereocenters. The van der Waals surface area contributed by atoms with Gasteiger partial charge in [-0.3, -0.25) is 4.79 Å². The van der Waals surface area contributed by atoms with Gasteiger partial charge in [0.2, 0.25) is 0 Å². The third kappa shape index (κ3) is 2.80. The Labute approximate surface area is 114 Å². The molecule has 2 aromatic carbocycles. The van der Waals surface area contributed by atoms with Crippen molar-refractivity contribution < 1.29 is 9.18 Å². The van der Waals surface area contributed by atoms with Crippen LogP contribution in [0.5, 0.6) is 0 Å². The summed E-state index contributed by atoms with van der Waals surface area (Å²) < 4.78 is 13.0. The Bertz CT molecular complexity index is 756. The van der Waals surface area contributed by atoms with E-state index in [4.69, 9.17) is 10.5 Å². The van der Waals surface area contributed by atoms with Gasteiger partial charge in [0.15, 0.2) is 0 Å². The molecule has 0 heterocycles. The highest BCUT2D eigenvalue weighted by molar-refractivity contribution is 6.05. The lowest BCUT2D eigenvalue weighted by molar-refractivity contribution is 0.102. The number of carbonyl (C=O) groups is 1. The number of rotatable bonds is 2. The number of benzene rings is 2. The number of carbonyl (C=O) groups excluding carboxylic acids is 1. The van der Waals surface area contributed by atoms with Crippen molar-refractivity contribution in [2.45, 2.75) is 0 Å². The van der Waals surface area contributed by atoms with E-state index in [2.05, 4.69) is 5.32 Å². The normalized spacial score (nSPS) is 9.35. The van der Waals surface area contributed by atoms with Gasteiger partial charge in [-0.2, -0.15) is 10.5 Å². The number of hydrogen-bond acceptors (Lipinski definition) is 3. The average Bonchev–Trinajstić information content (AvgIpc) is 2.49. The van der Waals surface area contributed by atoms with Crippen LogP contribution in [-0.2, 0) is 0 Å². The number of amides is 1. The lowest BCUT2D eigenvalue weighted by Crippen LogP contribution is -2.13. The average molecular weight is 265 g/mol. The summed E-state index contributed by atoms with van der Waals surface area (Å²) in [6.07, 6.45) is 0. The van der Waals surface area contributed by atoms with Gasteiger partial charge in [0.05, 0.1) is 22.9 Å². The topological polar surface area (TPSA) is 76.7 Å². The number of nitriles is 2. The second-order valence-electron chi connectivity index (χ2n) is 3.95. The molecule has 0 saturated heterocycles. The summed E-state index contributed by atoms with van der Waals surface area (Å²) in [6.45, 7) is 0. The third-order valence-electron chi connectivity index (χ3n) is 2.60. The molecule has 1 amide bonds. The molecule has 0 bridgehead atoms. The maximum atomic E-state index is 13.0. The minimum atomic E-state index is -0.550. The number of anilines is 1. The molecule has 0 aliphatic carbocycles. The summed E-state index contributed by atoms with van der Waals surface area (Å²) in [5.74, 6) is -1.02. The van der Waals surface area contributed by atoms with Crippen molar-refractivity contribution in [2.75, 3.05) is 5.32 Å². The Morgan fingerprint density at radius 1 is 1.10 bits per heavy atom. The molecule has 4 nitrogen and oxygen atoms in total. The molecule has 0 saturated carbocycles. The van der Waals surface area contributed by atoms with Crippen molar-refractivity contribution in [3.05, 3.63) is 65.0 Å². The Kier molecular flexibility index (Phi) is 3.74. The maximum absolute atomic E-state index is 13.0. The highest BCUT2D eigenvalue weighted by atomic mass is 19.1. The molecular weight excluding hydrogens is 257 g/mol. The van der Waals surface area contributed by atoms with Crippen molar-refractivity contribution >= 4 is 11.6 Å². The fourth-order valence-corrected chi connectivity index (χ4v) is 1.64. The van der Waals surface area contributed by atoms with Gasteiger partial charge in [0, 0.05) is 5.56 Å². The lowest BCUT2D eigenvalue weighted by Gasteiger charge is -2.07. The van der Waals surface area contributed by atoms with Gasteiger partial charge in [-0.15, -0.1) is 0 Å². The fraction of sp³-hybridized carbons (Fsp3) is 0. The highest BCUT2D eigenvalue weighted by Gasteiger charge is 2.10. The lowest BCUT2D eigenvalue weighted by atomic mass is 10.1. The first-order chi connectivity index (χ1) is 9.63. The standard InChI is InChI=1S/C15H8FN3O/c16-13-4-5-14(12(7-13)9-18)19-15(20)11-3-1-2-10(6-11)8-17/h1-7H,(H,19,20). The molecule has 5 heteroatoms. The molecule has 1 N–H and O–H groups in total. The van der Waals surface area contributed by atoms with Crippen LogP contribution in [0.15, 0.2) is 42.5 Å². The molecule has 0 radical (unpaired) electrons. The van der Waals surface area contributed by atoms with Gasteiger partial charge >= 0.3 is 0 Å². The van der Waals surface area contributed by atoms with Crippen molar-refractivity contribution in [3.8, 4) is 12.1 Å². The Hall–Kier alpha value is -3.18. The van der Waals surface area contributed by atoms with Crippen LogP contribution < -0.4 is 5.32 Å². The molecule has 0 aliphatic rings. The summed E-state index contributed by atoms with van der Waals surface area (Å²) >= 11 is 0. The van der Waals surface area contributed by atoms with E-state index < -0.39 is 11.7 Å². The Morgan fingerprint density at radius 2 is 1.90 bits per heavy atom. The first-order valence-corrected chi connectivity index (χ1v) is 5.65. The van der Waals surface area contributed by atoms with E-state index in [0.717, 1.165) is 12.1 Å². The number of nitrogens with zero attached hydrogens (tertiary/aromatic N) is 2. The SMILES string of the molecule is N#Cc1cccc(C(=O)Nc2ccc(F)cc2C#N)c1. The molecule has 2 rings (SSSR count). The zero-order valence-electron chi connectivity index (χ0n) is 10.2. The summed E-state index contributed by atoms with van der Waals surface area (Å²) in [5.41, 5.74) is 0.908. The van der Waals surface area contributed by atoms with E-state index in [1.807, 2.05) is 12.1 Å². The van der Waals surface area contributed by atoms with Gasteiger partial charge in [-0.25, -0.2) is 4.39 Å². The van der Waals surface area contributed by atoms with Crippen LogP contribution in [0.3, 0.4) is 0 Å². The van der Waals surface area contributed by atoms with Crippen LogP contribution in [0.25, 0.3) is 0 Å². The zero-order valence-corrected chi connectivity index (χ0v) is 10.2. The second kappa shape index (κ2) is 5.64. The van der Waals surface area contributed by atoms with Gasteiger partial charge < -0.3 is 5.32 Å². The van der Waals surface area contributed by atoms with Gasteiger partial charge in [-0.05, 0) is 36.4 Å². The molecule has 0 spiro atoms. The maximum Gasteiger partial charge on any atom is 0.255 e. The van der Waals surface area contributed by atoms with Gasteiger partial charge in [-0.1, -0.05) is 6.07 Å². The quantitative estimate of drug-likeness (QED) is 0.906. The van der Waals surface area contributed by atoms with E-state index >= 15 is 0 Å². The summed E-state index contributed by atoms with van der Waals surface area (Å²) in [4.78, 5) is 12.0. The van der Waals surface area contributed by atoms with Crippen LogP contribution in [0, 0.1) is 28.5 Å². The summed E-state index contributed by atoms with van der Waals surface area (Å²) in [6, 6.07) is 13.4. The molecule has 2 aromatic rings. The second-order valence-corrected chi connectivity index (χ2v) is 3.95. The van der Waals surface area contributed by atoms with E-state index in [-0.39, 0.29) is 16.8 Å². The Balaban J connectivity index is 2.28. The van der Waals surface area contributed by atoms with Gasteiger partial charge in [0.1, 0.15) is 11.9 Å². The number of nitrogens with one attached hydrogen (secondary N) is 1. The van der Waals surface area contributed by atoms with Crippen LogP contribution >= 0.6 is 0 Å². The number of hydrogen-bond donors (Lipinski definition) is 1. The predicted octanol–water partition coefficient (Wildman–Crippen LogP) is 2.82. The van der Waals surface area contributed by atoms with Crippen molar-refractivity contribution in [3.63, 3.8) is 0 Å². The molecule has 0 aromatic heterocycles. The first kappa shape index (κ1) is 13.3. The van der Waals surface area contributed by atoms with Crippen LogP contribution in [-0.4, -0.2) is 5.91 Å². The van der Waals surface area contributed by atoms with E-state index in [0.29, 0.717) is 5.56 Å². The van der Waals surface area contributed by atoms with Crippen molar-refractivity contribution in [1.82, 2.24) is 0 Å². The monoisotopic (exact) mass is 265 g/mol. The predicted molar refractivity (Wildman–Crippen MR) is 70.2 cm³/mol. The molecule has 0 aliphatic heterocycles. The van der Waals surface area contributed by atoms with E-state index in [1.54, 1.807) is 18.2 Å². The molecule has 96 valence electrons. The van der Waals surface area contributed by atoms with Crippen molar-refractivity contribution in [1.29, 1.82) is 10.5 Å². The van der Waals surface area contributed by atoms with Crippen molar-refractivity contribution in [2.24, 2.45) is 0 Å². The summed E-state index contributed by atoms with van der Waals surface area (Å²) in [7, 11) is 0. The van der Waals surface area contributed by atoms with E-state index in [1.165, 1.54) is 12.1 Å². The van der Waals surface area contributed by atoms with Crippen LogP contribution in [0.4, 0.5) is 10.1 Å². The summed E-state index contributed by atoms with van der Waals surface area (Å²) in [5, 5.41) is 20.2. The first-order valence-electron chi connectivity index (χ1n) is 5.65. The highest BCUT2D eigenvalue weighted by Crippen LogP contribution is 2.17. The van der Waals surface area contributed by atoms with Crippen LogP contribution in [0.2, 0.25) is 0 Å². The smallest absolute Gasteiger partial charge is 0.255 e. The molecule has 20 heavy (non-hydrogen) atoms. The zero-order chi connectivity index (χ0) is 14.5. The molecule has 0 fully saturated rings. The molecule has 0 atom stereocenters. The van der Waals surface area contributed by atoms with Gasteiger partial charge in [0.25, 0.3) is 5.91 Å². The minimum absolute atomic E-state index is 0.0368. The minimum Gasteiger partial charge on any atom is -0.321 e.